The van der Waals surface area contributed by atoms with Crippen LogP contribution in [0.15, 0.2) is 16.8 Å². The molecule has 0 bridgehead atoms. The molecule has 0 fully saturated rings. The Hall–Kier alpha value is -1.93. The highest BCUT2D eigenvalue weighted by molar-refractivity contribution is 7.08. The summed E-state index contributed by atoms with van der Waals surface area (Å²) in [5, 5.41) is 25.8. The number of carbonyl (C=O) groups excluding carboxylic acids is 2. The summed E-state index contributed by atoms with van der Waals surface area (Å²) in [4.78, 5) is 33.8. The maximum absolute atomic E-state index is 11.6. The van der Waals surface area contributed by atoms with Crippen molar-refractivity contribution in [2.75, 3.05) is 13.2 Å². The number of aliphatic hydroxyl groups is 1. The number of aliphatic hydroxyl groups excluding tert-OH is 1. The number of aliphatic carboxylic acids is 1. The second-order valence-electron chi connectivity index (χ2n) is 3.99. The fourth-order valence-electron chi connectivity index (χ4n) is 1.44. The molecule has 0 aliphatic rings. The van der Waals surface area contributed by atoms with Gasteiger partial charge in [0.1, 0.15) is 6.04 Å². The third-order valence-electron chi connectivity index (χ3n) is 2.47. The van der Waals surface area contributed by atoms with E-state index < -0.39 is 17.9 Å². The van der Waals surface area contributed by atoms with Gasteiger partial charge >= 0.3 is 5.97 Å². The number of amides is 2. The van der Waals surface area contributed by atoms with Gasteiger partial charge in [-0.2, -0.15) is 11.3 Å². The van der Waals surface area contributed by atoms with Gasteiger partial charge in [0.2, 0.25) is 5.91 Å². The molecule has 1 aromatic heterocycles. The Labute approximate surface area is 119 Å². The van der Waals surface area contributed by atoms with E-state index in [9.17, 15) is 14.4 Å². The first kappa shape index (κ1) is 16.1. The predicted octanol–water partition coefficient (Wildman–Crippen LogP) is -0.180. The highest BCUT2D eigenvalue weighted by atomic mass is 32.1. The Kier molecular flexibility index (Phi) is 6.68. The fourth-order valence-corrected chi connectivity index (χ4v) is 2.07. The van der Waals surface area contributed by atoms with Crippen molar-refractivity contribution in [1.29, 1.82) is 0 Å². The van der Waals surface area contributed by atoms with Crippen molar-refractivity contribution in [3.8, 4) is 0 Å². The average Bonchev–Trinajstić information content (AvgIpc) is 2.91. The number of carboxylic acid groups (broad SMARTS) is 1. The summed E-state index contributed by atoms with van der Waals surface area (Å²) >= 11 is 1.40. The minimum absolute atomic E-state index is 0.0227. The second kappa shape index (κ2) is 8.28. The number of hydrogen-bond acceptors (Lipinski definition) is 5. The van der Waals surface area contributed by atoms with Gasteiger partial charge in [-0.15, -0.1) is 0 Å². The summed E-state index contributed by atoms with van der Waals surface area (Å²) in [6.45, 7) is -0.210. The Balaban J connectivity index is 2.29. The van der Waals surface area contributed by atoms with Crippen LogP contribution in [0.4, 0.5) is 0 Å². The molecule has 1 aromatic rings. The van der Waals surface area contributed by atoms with Crippen LogP contribution in [-0.4, -0.2) is 47.2 Å². The number of nitrogens with one attached hydrogen (secondary N) is 2. The van der Waals surface area contributed by atoms with Gasteiger partial charge in [-0.1, -0.05) is 0 Å². The molecule has 0 saturated carbocycles. The van der Waals surface area contributed by atoms with Crippen LogP contribution < -0.4 is 10.6 Å². The Morgan fingerprint density at radius 2 is 2.10 bits per heavy atom. The monoisotopic (exact) mass is 300 g/mol. The lowest BCUT2D eigenvalue weighted by Gasteiger charge is -2.13. The molecule has 1 rings (SSSR count). The lowest BCUT2D eigenvalue weighted by atomic mass is 10.2. The molecule has 0 radical (unpaired) electrons. The largest absolute Gasteiger partial charge is 0.480 e. The third kappa shape index (κ3) is 5.37. The van der Waals surface area contributed by atoms with E-state index in [0.29, 0.717) is 5.56 Å². The van der Waals surface area contributed by atoms with Crippen molar-refractivity contribution in [3.05, 3.63) is 22.4 Å². The molecule has 0 saturated heterocycles. The summed E-state index contributed by atoms with van der Waals surface area (Å²) in [5.41, 5.74) is 0.527. The van der Waals surface area contributed by atoms with E-state index in [1.807, 2.05) is 0 Å². The molecule has 2 amide bonds. The molecule has 0 aliphatic heterocycles. The standard InChI is InChI=1S/C12H16N2O5S/c15-5-2-9(12(18)19)14-10(16)1-4-13-11(17)8-3-6-20-7-8/h3,6-7,9,15H,1-2,4-5H2,(H,13,17)(H,14,16)(H,18,19)/t9-/m1/s1. The zero-order valence-electron chi connectivity index (χ0n) is 10.7. The van der Waals surface area contributed by atoms with Crippen molar-refractivity contribution in [2.45, 2.75) is 18.9 Å². The lowest BCUT2D eigenvalue weighted by Crippen LogP contribution is -2.42. The molecule has 0 aromatic carbocycles. The minimum Gasteiger partial charge on any atom is -0.480 e. The first-order chi connectivity index (χ1) is 9.54. The number of hydrogen-bond donors (Lipinski definition) is 4. The van der Waals surface area contributed by atoms with E-state index in [1.54, 1.807) is 16.8 Å². The number of carboxylic acids is 1. The van der Waals surface area contributed by atoms with E-state index >= 15 is 0 Å². The summed E-state index contributed by atoms with van der Waals surface area (Å²) in [6.07, 6.45) is -0.0760. The van der Waals surface area contributed by atoms with Crippen LogP contribution in [-0.2, 0) is 9.59 Å². The van der Waals surface area contributed by atoms with Gasteiger partial charge in [-0.25, -0.2) is 4.79 Å². The molecular weight excluding hydrogens is 284 g/mol. The Bertz CT molecular complexity index is 460. The maximum Gasteiger partial charge on any atom is 0.326 e. The molecule has 4 N–H and O–H groups in total. The van der Waals surface area contributed by atoms with Crippen LogP contribution in [0.1, 0.15) is 23.2 Å². The number of carbonyl (C=O) groups is 3. The highest BCUT2D eigenvalue weighted by Gasteiger charge is 2.18. The molecule has 0 aliphatic carbocycles. The van der Waals surface area contributed by atoms with Crippen LogP contribution in [0.5, 0.6) is 0 Å². The Morgan fingerprint density at radius 1 is 1.35 bits per heavy atom. The molecule has 20 heavy (non-hydrogen) atoms. The quantitative estimate of drug-likeness (QED) is 0.531. The number of thiophene rings is 1. The van der Waals surface area contributed by atoms with Crippen molar-refractivity contribution in [1.82, 2.24) is 10.6 Å². The van der Waals surface area contributed by atoms with Gasteiger partial charge in [-0.05, 0) is 11.4 Å². The molecule has 1 atom stereocenters. The summed E-state index contributed by atoms with van der Waals surface area (Å²) in [6, 6.07) is 0.557. The number of rotatable bonds is 8. The van der Waals surface area contributed by atoms with Gasteiger partial charge in [0.25, 0.3) is 5.91 Å². The molecule has 0 spiro atoms. The van der Waals surface area contributed by atoms with Crippen molar-refractivity contribution in [2.24, 2.45) is 0 Å². The first-order valence-corrected chi connectivity index (χ1v) is 6.92. The predicted molar refractivity (Wildman–Crippen MR) is 72.5 cm³/mol. The van der Waals surface area contributed by atoms with Crippen molar-refractivity contribution >= 4 is 29.1 Å². The second-order valence-corrected chi connectivity index (χ2v) is 4.77. The summed E-state index contributed by atoms with van der Waals surface area (Å²) < 4.78 is 0. The van der Waals surface area contributed by atoms with Crippen molar-refractivity contribution < 1.29 is 24.6 Å². The molecule has 1 heterocycles. The Morgan fingerprint density at radius 3 is 2.65 bits per heavy atom. The normalized spacial score (nSPS) is 11.7. The fraction of sp³-hybridized carbons (Fsp3) is 0.417. The minimum atomic E-state index is -1.20. The van der Waals surface area contributed by atoms with E-state index in [4.69, 9.17) is 10.2 Å². The van der Waals surface area contributed by atoms with Crippen molar-refractivity contribution in [3.63, 3.8) is 0 Å². The average molecular weight is 300 g/mol. The lowest BCUT2D eigenvalue weighted by molar-refractivity contribution is -0.142. The van der Waals surface area contributed by atoms with Crippen LogP contribution in [0.25, 0.3) is 0 Å². The van der Waals surface area contributed by atoms with Gasteiger partial charge < -0.3 is 20.8 Å². The van der Waals surface area contributed by atoms with E-state index in [0.717, 1.165) is 0 Å². The SMILES string of the molecule is O=C(CCNC(=O)c1ccsc1)N[C@H](CCO)C(=O)O. The van der Waals surface area contributed by atoms with Crippen LogP contribution in [0, 0.1) is 0 Å². The molecule has 110 valence electrons. The van der Waals surface area contributed by atoms with E-state index in [2.05, 4.69) is 10.6 Å². The van der Waals surface area contributed by atoms with Gasteiger partial charge in [0, 0.05) is 36.9 Å². The van der Waals surface area contributed by atoms with Gasteiger partial charge in [0.05, 0.1) is 0 Å². The molecule has 0 unspecified atom stereocenters. The van der Waals surface area contributed by atoms with E-state index in [-0.39, 0.29) is 31.9 Å². The van der Waals surface area contributed by atoms with Gasteiger partial charge in [-0.3, -0.25) is 9.59 Å². The molecule has 8 heteroatoms. The van der Waals surface area contributed by atoms with Crippen LogP contribution in [0.3, 0.4) is 0 Å². The highest BCUT2D eigenvalue weighted by Crippen LogP contribution is 2.05. The van der Waals surface area contributed by atoms with Crippen LogP contribution >= 0.6 is 11.3 Å². The smallest absolute Gasteiger partial charge is 0.326 e. The zero-order valence-corrected chi connectivity index (χ0v) is 11.5. The summed E-state index contributed by atoms with van der Waals surface area (Å²) in [5.74, 6) is -1.96. The zero-order chi connectivity index (χ0) is 15.0. The molecule has 7 nitrogen and oxygen atoms in total. The van der Waals surface area contributed by atoms with E-state index in [1.165, 1.54) is 11.3 Å². The van der Waals surface area contributed by atoms with Gasteiger partial charge in [0.15, 0.2) is 0 Å². The first-order valence-electron chi connectivity index (χ1n) is 5.98. The summed E-state index contributed by atoms with van der Waals surface area (Å²) in [7, 11) is 0. The maximum atomic E-state index is 11.6. The molecular formula is C12H16N2O5S. The third-order valence-corrected chi connectivity index (χ3v) is 3.16. The van der Waals surface area contributed by atoms with Crippen LogP contribution in [0.2, 0.25) is 0 Å². The topological polar surface area (TPSA) is 116 Å².